The lowest BCUT2D eigenvalue weighted by atomic mass is 10.0. The van der Waals surface area contributed by atoms with Crippen molar-refractivity contribution in [1.82, 2.24) is 25.2 Å². The number of β-amino-alcohol motifs (C(OH)–C–C–N with tert-alkyl or cyclic N) is 1. The van der Waals surface area contributed by atoms with Crippen LogP contribution in [0.15, 0.2) is 30.6 Å². The largest absolute Gasteiger partial charge is 0.419 e. The van der Waals surface area contributed by atoms with Crippen LogP contribution >= 0.6 is 0 Å². The van der Waals surface area contributed by atoms with E-state index in [1.165, 1.54) is 24.4 Å². The first-order chi connectivity index (χ1) is 17.0. The zero-order valence-corrected chi connectivity index (χ0v) is 18.9. The number of H-pyrrole nitrogens is 1. The summed E-state index contributed by atoms with van der Waals surface area (Å²) in [6.07, 6.45) is -2.80. The average molecular weight is 510 g/mol. The summed E-state index contributed by atoms with van der Waals surface area (Å²) in [5.41, 5.74) is -0.779. The van der Waals surface area contributed by atoms with E-state index in [9.17, 15) is 31.9 Å². The van der Waals surface area contributed by atoms with E-state index in [1.54, 1.807) is 0 Å². The van der Waals surface area contributed by atoms with Crippen molar-refractivity contribution in [3.8, 4) is 11.3 Å². The van der Waals surface area contributed by atoms with Crippen LogP contribution in [-0.4, -0.2) is 75.1 Å². The normalized spacial score (nSPS) is 22.2. The molecular formula is C23H23F5N6O2. The van der Waals surface area contributed by atoms with E-state index in [1.807, 2.05) is 0 Å². The summed E-state index contributed by atoms with van der Waals surface area (Å²) in [4.78, 5) is 24.5. The molecule has 0 saturated carbocycles. The second kappa shape index (κ2) is 8.96. The molecule has 2 fully saturated rings. The van der Waals surface area contributed by atoms with E-state index < -0.39 is 42.8 Å². The lowest BCUT2D eigenvalue weighted by Crippen LogP contribution is -2.38. The molecule has 2 atom stereocenters. The third kappa shape index (κ3) is 4.60. The topological polar surface area (TPSA) is 106 Å². The van der Waals surface area contributed by atoms with E-state index in [-0.39, 0.29) is 28.8 Å². The van der Waals surface area contributed by atoms with Crippen LogP contribution in [0, 0.1) is 0 Å². The molecule has 0 aliphatic carbocycles. The molecule has 0 bridgehead atoms. The predicted octanol–water partition coefficient (Wildman–Crippen LogP) is 3.26. The van der Waals surface area contributed by atoms with Gasteiger partial charge in [-0.25, -0.2) is 18.7 Å². The molecular weight excluding hydrogens is 487 g/mol. The number of benzene rings is 1. The third-order valence-corrected chi connectivity index (χ3v) is 6.48. The van der Waals surface area contributed by atoms with Crippen molar-refractivity contribution in [1.29, 1.82) is 0 Å². The van der Waals surface area contributed by atoms with Crippen molar-refractivity contribution in [3.63, 3.8) is 0 Å². The van der Waals surface area contributed by atoms with Crippen molar-refractivity contribution in [3.05, 3.63) is 41.7 Å². The number of fused-ring (bicyclic) bond motifs is 1. The predicted molar refractivity (Wildman–Crippen MR) is 121 cm³/mol. The van der Waals surface area contributed by atoms with Crippen LogP contribution in [0.25, 0.3) is 22.2 Å². The first kappa shape index (κ1) is 24.4. The Balaban J connectivity index is 1.48. The summed E-state index contributed by atoms with van der Waals surface area (Å²) >= 11 is 0. The summed E-state index contributed by atoms with van der Waals surface area (Å²) in [5, 5.41) is 16.1. The van der Waals surface area contributed by atoms with E-state index >= 15 is 0 Å². The summed E-state index contributed by atoms with van der Waals surface area (Å²) in [7, 11) is 0. The number of aromatic amines is 1. The molecule has 0 radical (unpaired) electrons. The Hall–Kier alpha value is -3.32. The molecule has 0 spiro atoms. The number of nitrogens with one attached hydrogen (secondary N) is 3. The molecule has 2 aromatic heterocycles. The zero-order valence-electron chi connectivity index (χ0n) is 18.9. The third-order valence-electron chi connectivity index (χ3n) is 6.48. The molecule has 36 heavy (non-hydrogen) atoms. The standard InChI is InChI=1S/C23H23F5N6O2/c24-22(25)11-34(10-18(22)35)20(36)12-3-4-14-15(8-30-17(14)6-12)19-16(23(26,27)28)9-31-21(33-19)32-13-2-1-5-29-7-13/h3-4,6,8-9,13,18,29-30,35H,1-2,5,7,10-11H2,(H,31,32,33)/t13-,18-/m0/s1. The Morgan fingerprint density at radius 3 is 2.75 bits per heavy atom. The van der Waals surface area contributed by atoms with Crippen LogP contribution in [0.4, 0.5) is 27.9 Å². The number of carbonyl (C=O) groups excluding carboxylic acids is 1. The molecule has 1 aromatic carbocycles. The second-order valence-corrected chi connectivity index (χ2v) is 9.07. The van der Waals surface area contributed by atoms with Crippen LogP contribution in [0.1, 0.15) is 28.8 Å². The van der Waals surface area contributed by atoms with Gasteiger partial charge >= 0.3 is 6.18 Å². The number of likely N-dealkylation sites (tertiary alicyclic amines) is 1. The highest BCUT2D eigenvalue weighted by Crippen LogP contribution is 2.39. The molecule has 192 valence electrons. The van der Waals surface area contributed by atoms with Gasteiger partial charge in [0.05, 0.1) is 18.8 Å². The highest BCUT2D eigenvalue weighted by Gasteiger charge is 2.48. The first-order valence-corrected chi connectivity index (χ1v) is 11.4. The average Bonchev–Trinajstić information content (AvgIpc) is 3.37. The minimum atomic E-state index is -4.71. The highest BCUT2D eigenvalue weighted by molar-refractivity contribution is 6.02. The van der Waals surface area contributed by atoms with Crippen molar-refractivity contribution < 1.29 is 31.9 Å². The SMILES string of the molecule is O=C(c1ccc2c(-c3nc(N[C@H]4CCCNC4)ncc3C(F)(F)F)c[nH]c2c1)N1C[C@H](O)C(F)(F)C1. The summed E-state index contributed by atoms with van der Waals surface area (Å²) in [5.74, 6) is -4.05. The van der Waals surface area contributed by atoms with Gasteiger partial charge in [-0.3, -0.25) is 4.79 Å². The Morgan fingerprint density at radius 2 is 2.08 bits per heavy atom. The number of aliphatic hydroxyl groups is 1. The van der Waals surface area contributed by atoms with Crippen molar-refractivity contribution in [2.75, 3.05) is 31.5 Å². The fourth-order valence-electron chi connectivity index (χ4n) is 4.58. The van der Waals surface area contributed by atoms with Crippen molar-refractivity contribution in [2.24, 2.45) is 0 Å². The zero-order chi connectivity index (χ0) is 25.7. The maximum Gasteiger partial charge on any atom is 0.419 e. The number of halogens is 5. The van der Waals surface area contributed by atoms with Crippen LogP contribution in [0.3, 0.4) is 0 Å². The fraction of sp³-hybridized carbons (Fsp3) is 0.435. The maximum atomic E-state index is 13.8. The molecule has 13 heteroatoms. The van der Waals surface area contributed by atoms with E-state index in [0.29, 0.717) is 17.4 Å². The number of aliphatic hydroxyl groups excluding tert-OH is 1. The molecule has 2 aliphatic heterocycles. The Kier molecular flexibility index (Phi) is 6.07. The van der Waals surface area contributed by atoms with Gasteiger partial charge < -0.3 is 25.6 Å². The minimum Gasteiger partial charge on any atom is -0.385 e. The van der Waals surface area contributed by atoms with Crippen molar-refractivity contribution >= 4 is 22.8 Å². The first-order valence-electron chi connectivity index (χ1n) is 11.4. The lowest BCUT2D eigenvalue weighted by molar-refractivity contribution is -0.137. The van der Waals surface area contributed by atoms with E-state index in [2.05, 4.69) is 25.6 Å². The van der Waals surface area contributed by atoms with Crippen LogP contribution in [-0.2, 0) is 6.18 Å². The summed E-state index contributed by atoms with van der Waals surface area (Å²) in [6.45, 7) is 0.0900. The number of carbonyl (C=O) groups is 1. The van der Waals surface area contributed by atoms with Gasteiger partial charge in [0.2, 0.25) is 5.95 Å². The van der Waals surface area contributed by atoms with Gasteiger partial charge in [-0.15, -0.1) is 0 Å². The maximum absolute atomic E-state index is 13.8. The highest BCUT2D eigenvalue weighted by atomic mass is 19.4. The number of amides is 1. The molecule has 4 heterocycles. The Bertz CT molecular complexity index is 1290. The van der Waals surface area contributed by atoms with Crippen molar-refractivity contribution in [2.45, 2.75) is 37.1 Å². The smallest absolute Gasteiger partial charge is 0.385 e. The van der Waals surface area contributed by atoms with Gasteiger partial charge in [0.15, 0.2) is 0 Å². The summed E-state index contributed by atoms with van der Waals surface area (Å²) < 4.78 is 68.8. The molecule has 4 N–H and O–H groups in total. The van der Waals surface area contributed by atoms with Gasteiger partial charge in [0.25, 0.3) is 11.8 Å². The van der Waals surface area contributed by atoms with Crippen LogP contribution in [0.2, 0.25) is 0 Å². The van der Waals surface area contributed by atoms with Crippen LogP contribution in [0.5, 0.6) is 0 Å². The van der Waals surface area contributed by atoms with E-state index in [4.69, 9.17) is 0 Å². The summed E-state index contributed by atoms with van der Waals surface area (Å²) in [6, 6.07) is 4.16. The molecule has 3 aromatic rings. The van der Waals surface area contributed by atoms with E-state index in [0.717, 1.165) is 30.5 Å². The number of piperidine rings is 1. The number of alkyl halides is 5. The number of hydrogen-bond donors (Lipinski definition) is 4. The monoisotopic (exact) mass is 510 g/mol. The fourth-order valence-corrected chi connectivity index (χ4v) is 4.58. The number of rotatable bonds is 4. The van der Waals surface area contributed by atoms with Crippen LogP contribution < -0.4 is 10.6 Å². The number of anilines is 1. The lowest BCUT2D eigenvalue weighted by Gasteiger charge is -2.24. The molecule has 2 saturated heterocycles. The number of nitrogens with zero attached hydrogens (tertiary/aromatic N) is 3. The quantitative estimate of drug-likeness (QED) is 0.402. The van der Waals surface area contributed by atoms with Gasteiger partial charge in [-0.05, 0) is 31.5 Å². The minimum absolute atomic E-state index is 0.0173. The molecule has 8 nitrogen and oxygen atoms in total. The van der Waals surface area contributed by atoms with Gasteiger partial charge in [-0.2, -0.15) is 13.2 Å². The molecule has 0 unspecified atom stereocenters. The van der Waals surface area contributed by atoms with Gasteiger partial charge in [-0.1, -0.05) is 6.07 Å². The molecule has 2 aliphatic rings. The van der Waals surface area contributed by atoms with Gasteiger partial charge in [0.1, 0.15) is 11.7 Å². The number of aromatic nitrogens is 3. The van der Waals surface area contributed by atoms with Gasteiger partial charge in [0, 0.05) is 47.0 Å². The molecule has 5 rings (SSSR count). The molecule has 1 amide bonds. The Morgan fingerprint density at radius 1 is 1.28 bits per heavy atom. The number of hydrogen-bond acceptors (Lipinski definition) is 6. The Labute approximate surface area is 201 Å². The second-order valence-electron chi connectivity index (χ2n) is 9.07.